The number of anilines is 1. The van der Waals surface area contributed by atoms with Crippen LogP contribution in [0, 0.1) is 0 Å². The maximum atomic E-state index is 13.1. The van der Waals surface area contributed by atoms with E-state index in [1.54, 1.807) is 17.2 Å². The smallest absolute Gasteiger partial charge is 0.271 e. The Balaban J connectivity index is 1.53. The highest BCUT2D eigenvalue weighted by Crippen LogP contribution is 2.42. The molecule has 0 saturated carbocycles. The first-order valence-electron chi connectivity index (χ1n) is 8.93. The van der Waals surface area contributed by atoms with Crippen molar-refractivity contribution in [2.45, 2.75) is 29.6 Å². The fraction of sp³-hybridized carbons (Fsp3) is 0.389. The molecule has 2 aliphatic rings. The summed E-state index contributed by atoms with van der Waals surface area (Å²) in [5.74, 6) is 1.20. The lowest BCUT2D eigenvalue weighted by Gasteiger charge is -2.26. The summed E-state index contributed by atoms with van der Waals surface area (Å²) in [7, 11) is 0. The first-order chi connectivity index (χ1) is 13.2. The van der Waals surface area contributed by atoms with Crippen molar-refractivity contribution in [3.63, 3.8) is 0 Å². The Morgan fingerprint density at radius 3 is 2.93 bits per heavy atom. The van der Waals surface area contributed by atoms with Crippen LogP contribution in [-0.4, -0.2) is 39.2 Å². The van der Waals surface area contributed by atoms with Crippen molar-refractivity contribution in [3.05, 3.63) is 40.8 Å². The van der Waals surface area contributed by atoms with Gasteiger partial charge in [0.05, 0.1) is 34.3 Å². The van der Waals surface area contributed by atoms with Gasteiger partial charge in [0.1, 0.15) is 16.0 Å². The number of hydrogen-bond acceptors (Lipinski definition) is 7. The van der Waals surface area contributed by atoms with Gasteiger partial charge < -0.3 is 9.73 Å². The van der Waals surface area contributed by atoms with Crippen LogP contribution in [0.3, 0.4) is 0 Å². The minimum Gasteiger partial charge on any atom is -0.468 e. The van der Waals surface area contributed by atoms with Gasteiger partial charge in [0, 0.05) is 6.54 Å². The summed E-state index contributed by atoms with van der Waals surface area (Å²) in [5.41, 5.74) is 1.21. The molecule has 5 heterocycles. The van der Waals surface area contributed by atoms with E-state index in [0.29, 0.717) is 28.2 Å². The lowest BCUT2D eigenvalue weighted by Crippen LogP contribution is -2.32. The first-order valence-corrected chi connectivity index (χ1v) is 10.7. The van der Waals surface area contributed by atoms with E-state index < -0.39 is 0 Å². The normalized spacial score (nSPS) is 18.6. The number of rotatable bonds is 4. The second-order valence-corrected chi connectivity index (χ2v) is 9.02. The van der Waals surface area contributed by atoms with Gasteiger partial charge in [0.15, 0.2) is 0 Å². The van der Waals surface area contributed by atoms with Crippen LogP contribution < -0.4 is 10.9 Å². The molecule has 3 aromatic rings. The molecule has 2 aliphatic heterocycles. The van der Waals surface area contributed by atoms with Crippen LogP contribution in [0.4, 0.5) is 5.69 Å². The van der Waals surface area contributed by atoms with Crippen molar-refractivity contribution in [3.8, 4) is 0 Å². The molecule has 1 fully saturated rings. The van der Waals surface area contributed by atoms with Gasteiger partial charge in [-0.1, -0.05) is 0 Å². The zero-order chi connectivity index (χ0) is 18.4. The van der Waals surface area contributed by atoms with E-state index in [2.05, 4.69) is 15.2 Å². The van der Waals surface area contributed by atoms with Crippen molar-refractivity contribution in [2.24, 2.45) is 0 Å². The largest absolute Gasteiger partial charge is 0.468 e. The molecule has 1 atom stereocenters. The van der Waals surface area contributed by atoms with Crippen molar-refractivity contribution in [1.82, 2.24) is 14.5 Å². The molecule has 3 aromatic heterocycles. The Bertz CT molecular complexity index is 1050. The van der Waals surface area contributed by atoms with Crippen LogP contribution in [0.2, 0.25) is 0 Å². The molecule has 9 heteroatoms. The molecule has 27 heavy (non-hydrogen) atoms. The average molecular weight is 403 g/mol. The van der Waals surface area contributed by atoms with E-state index in [-0.39, 0.29) is 17.5 Å². The zero-order valence-electron chi connectivity index (χ0n) is 14.5. The Morgan fingerprint density at radius 2 is 2.15 bits per heavy atom. The molecule has 1 saturated heterocycles. The third kappa shape index (κ3) is 2.99. The van der Waals surface area contributed by atoms with Crippen molar-refractivity contribution >= 4 is 44.9 Å². The van der Waals surface area contributed by atoms with Crippen LogP contribution in [0.1, 0.15) is 24.6 Å². The van der Waals surface area contributed by atoms with Crippen LogP contribution in [0.5, 0.6) is 0 Å². The van der Waals surface area contributed by atoms with E-state index >= 15 is 0 Å². The van der Waals surface area contributed by atoms with Gasteiger partial charge in [-0.3, -0.25) is 19.1 Å². The Kier molecular flexibility index (Phi) is 4.30. The number of amides is 1. The fourth-order valence-corrected chi connectivity index (χ4v) is 5.92. The Hall–Kier alpha value is -2.10. The van der Waals surface area contributed by atoms with Gasteiger partial charge in [-0.2, -0.15) is 0 Å². The van der Waals surface area contributed by atoms with E-state index in [9.17, 15) is 9.59 Å². The molecule has 0 radical (unpaired) electrons. The molecule has 0 unspecified atom stereocenters. The number of carbonyl (C=O) groups excluding carboxylic acids is 1. The standard InChI is InChI=1S/C18H18N4O3S2/c23-13-9-26-18-15(20-13)14-16(27-18)17(24)22(10-19-14)8-11(12-4-3-7-25-12)21-5-1-2-6-21/h3-4,7,10-11H,1-2,5-6,8-9H2,(H,20,23)/t11-/m0/s1. The van der Waals surface area contributed by atoms with Crippen LogP contribution in [0.25, 0.3) is 10.2 Å². The highest BCUT2D eigenvalue weighted by molar-refractivity contribution is 8.02. The lowest BCUT2D eigenvalue weighted by molar-refractivity contribution is -0.113. The highest BCUT2D eigenvalue weighted by atomic mass is 32.2. The molecule has 0 aliphatic carbocycles. The number of thioether (sulfide) groups is 1. The summed E-state index contributed by atoms with van der Waals surface area (Å²) < 4.78 is 8.88. The van der Waals surface area contributed by atoms with Gasteiger partial charge in [0.2, 0.25) is 5.91 Å². The molecule has 140 valence electrons. The molecule has 1 amide bonds. The number of hydrogen-bond donors (Lipinski definition) is 1. The number of fused-ring (bicyclic) bond motifs is 3. The molecular weight excluding hydrogens is 384 g/mol. The van der Waals surface area contributed by atoms with E-state index in [1.165, 1.54) is 23.1 Å². The number of thiophene rings is 1. The third-order valence-electron chi connectivity index (χ3n) is 5.05. The molecule has 1 N–H and O–H groups in total. The predicted molar refractivity (Wildman–Crippen MR) is 105 cm³/mol. The SMILES string of the molecule is O=C1CSc2sc3c(=O)n(C[C@@H](c4ccco4)N4CCCC4)cnc3c2N1. The maximum Gasteiger partial charge on any atom is 0.271 e. The number of furan rings is 1. The van der Waals surface area contributed by atoms with E-state index in [4.69, 9.17) is 4.42 Å². The number of likely N-dealkylation sites (tertiary alicyclic amines) is 1. The fourth-order valence-electron chi connectivity index (χ4n) is 3.74. The zero-order valence-corrected chi connectivity index (χ0v) is 16.1. The molecule has 0 aromatic carbocycles. The molecular formula is C18H18N4O3S2. The Labute approximate surface area is 163 Å². The van der Waals surface area contributed by atoms with Gasteiger partial charge in [-0.05, 0) is 38.1 Å². The predicted octanol–water partition coefficient (Wildman–Crippen LogP) is 2.93. The second-order valence-electron chi connectivity index (χ2n) is 6.76. The van der Waals surface area contributed by atoms with Crippen molar-refractivity contribution in [1.29, 1.82) is 0 Å². The molecule has 7 nitrogen and oxygen atoms in total. The number of nitrogens with one attached hydrogen (secondary N) is 1. The average Bonchev–Trinajstić information content (AvgIpc) is 3.42. The maximum absolute atomic E-state index is 13.1. The lowest BCUT2D eigenvalue weighted by atomic mass is 10.2. The number of aromatic nitrogens is 2. The summed E-state index contributed by atoms with van der Waals surface area (Å²) in [5, 5.41) is 2.85. The Morgan fingerprint density at radius 1 is 1.30 bits per heavy atom. The monoisotopic (exact) mass is 402 g/mol. The molecule has 5 rings (SSSR count). The number of nitrogens with zero attached hydrogens (tertiary/aromatic N) is 3. The van der Waals surface area contributed by atoms with Gasteiger partial charge in [0.25, 0.3) is 5.56 Å². The topological polar surface area (TPSA) is 80.4 Å². The minimum absolute atomic E-state index is 0.0168. The number of carbonyl (C=O) groups is 1. The van der Waals surface area contributed by atoms with Gasteiger partial charge in [-0.15, -0.1) is 23.1 Å². The summed E-state index contributed by atoms with van der Waals surface area (Å²) in [6, 6.07) is 3.87. The van der Waals surface area contributed by atoms with E-state index in [0.717, 1.165) is 35.9 Å². The summed E-state index contributed by atoms with van der Waals surface area (Å²) >= 11 is 2.88. The van der Waals surface area contributed by atoms with Crippen molar-refractivity contribution < 1.29 is 9.21 Å². The van der Waals surface area contributed by atoms with Gasteiger partial charge in [-0.25, -0.2) is 4.98 Å². The quantitative estimate of drug-likeness (QED) is 0.723. The van der Waals surface area contributed by atoms with Gasteiger partial charge >= 0.3 is 0 Å². The summed E-state index contributed by atoms with van der Waals surface area (Å²) in [6.45, 7) is 2.51. The molecule has 0 spiro atoms. The van der Waals surface area contributed by atoms with E-state index in [1.807, 2.05) is 12.1 Å². The van der Waals surface area contributed by atoms with Crippen LogP contribution in [-0.2, 0) is 11.3 Å². The first kappa shape index (κ1) is 17.0. The molecule has 0 bridgehead atoms. The summed E-state index contributed by atoms with van der Waals surface area (Å²) in [4.78, 5) is 31.7. The minimum atomic E-state index is -0.0648. The van der Waals surface area contributed by atoms with Crippen molar-refractivity contribution in [2.75, 3.05) is 24.2 Å². The summed E-state index contributed by atoms with van der Waals surface area (Å²) in [6.07, 6.45) is 5.60. The van der Waals surface area contributed by atoms with Crippen LogP contribution in [0.15, 0.2) is 38.1 Å². The third-order valence-corrected chi connectivity index (χ3v) is 7.49. The highest BCUT2D eigenvalue weighted by Gasteiger charge is 2.28. The van der Waals surface area contributed by atoms with Crippen LogP contribution >= 0.6 is 23.1 Å². The second kappa shape index (κ2) is 6.81.